The van der Waals surface area contributed by atoms with Gasteiger partial charge in [0.2, 0.25) is 0 Å². The number of unbranched alkanes of at least 4 members (excludes halogenated alkanes) is 1. The van der Waals surface area contributed by atoms with Crippen molar-refractivity contribution in [2.75, 3.05) is 13.6 Å². The Labute approximate surface area is 167 Å². The first-order chi connectivity index (χ1) is 12.9. The van der Waals surface area contributed by atoms with Crippen LogP contribution in [0.4, 0.5) is 0 Å². The summed E-state index contributed by atoms with van der Waals surface area (Å²) in [5, 5.41) is 1.13. The van der Waals surface area contributed by atoms with Crippen LogP contribution in [0.2, 0.25) is 5.02 Å². The van der Waals surface area contributed by atoms with Gasteiger partial charge < -0.3 is 4.90 Å². The van der Waals surface area contributed by atoms with Gasteiger partial charge in [-0.15, -0.1) is 11.3 Å². The molecule has 0 unspecified atom stereocenters. The molecule has 2 aromatic heterocycles. The van der Waals surface area contributed by atoms with Crippen LogP contribution >= 0.6 is 22.9 Å². The monoisotopic (exact) mass is 403 g/mol. The lowest BCUT2D eigenvalue weighted by Crippen LogP contribution is -2.27. The highest BCUT2D eigenvalue weighted by Crippen LogP contribution is 2.28. The maximum atomic E-state index is 13.0. The summed E-state index contributed by atoms with van der Waals surface area (Å²) in [5.41, 5.74) is 1.41. The number of thiophene rings is 1. The average molecular weight is 404 g/mol. The van der Waals surface area contributed by atoms with Crippen LogP contribution in [0.3, 0.4) is 0 Å². The van der Waals surface area contributed by atoms with Crippen molar-refractivity contribution in [2.45, 2.75) is 33.2 Å². The van der Waals surface area contributed by atoms with Gasteiger partial charge in [-0.05, 0) is 30.5 Å². The highest BCUT2D eigenvalue weighted by molar-refractivity contribution is 7.20. The zero-order valence-corrected chi connectivity index (χ0v) is 17.2. The first-order valence-electron chi connectivity index (χ1n) is 8.91. The molecule has 0 radical (unpaired) electrons. The summed E-state index contributed by atoms with van der Waals surface area (Å²) in [6.45, 7) is 4.96. The number of rotatable bonds is 6. The smallest absolute Gasteiger partial charge is 0.264 e. The fraction of sp³-hybridized carbons (Fsp3) is 0.350. The van der Waals surface area contributed by atoms with E-state index in [1.807, 2.05) is 25.1 Å². The van der Waals surface area contributed by atoms with Crippen LogP contribution in [0.1, 0.15) is 40.6 Å². The molecule has 0 bridgehead atoms. The minimum absolute atomic E-state index is 0.0546. The Morgan fingerprint density at radius 3 is 2.78 bits per heavy atom. The number of carbonyl (C=O) groups is 1. The lowest BCUT2D eigenvalue weighted by atomic mass is 10.2. The van der Waals surface area contributed by atoms with Crippen LogP contribution < -0.4 is 5.56 Å². The SMILES string of the molecule is CCCCN(C)C(=O)c1sc2ncn(Cc3ccccc3Cl)c(=O)c2c1C. The standard InChI is InChI=1S/C20H22ClN3O2S/c1-4-5-10-23(3)20(26)17-13(2)16-18(27-17)22-12-24(19(16)25)11-14-8-6-7-9-15(14)21/h6-9,12H,4-5,10-11H2,1-3H3. The number of hydrogen-bond acceptors (Lipinski definition) is 4. The summed E-state index contributed by atoms with van der Waals surface area (Å²) in [6.07, 6.45) is 3.51. The van der Waals surface area contributed by atoms with Crippen molar-refractivity contribution in [3.63, 3.8) is 0 Å². The number of aryl methyl sites for hydroxylation is 1. The molecule has 0 saturated carbocycles. The molecule has 1 amide bonds. The molecular formula is C20H22ClN3O2S. The van der Waals surface area contributed by atoms with Gasteiger partial charge in [-0.1, -0.05) is 43.1 Å². The van der Waals surface area contributed by atoms with Gasteiger partial charge in [-0.25, -0.2) is 4.98 Å². The molecule has 0 fully saturated rings. The van der Waals surface area contributed by atoms with E-state index in [0.717, 1.165) is 18.4 Å². The second kappa shape index (κ2) is 8.23. The third kappa shape index (κ3) is 3.92. The maximum absolute atomic E-state index is 13.0. The fourth-order valence-corrected chi connectivity index (χ4v) is 4.29. The maximum Gasteiger partial charge on any atom is 0.264 e. The molecule has 0 saturated heterocycles. The average Bonchev–Trinajstić information content (AvgIpc) is 3.00. The largest absolute Gasteiger partial charge is 0.341 e. The Balaban J connectivity index is 1.99. The van der Waals surface area contributed by atoms with E-state index in [2.05, 4.69) is 11.9 Å². The van der Waals surface area contributed by atoms with Crippen LogP contribution in [-0.4, -0.2) is 34.0 Å². The van der Waals surface area contributed by atoms with Gasteiger partial charge in [0.25, 0.3) is 11.5 Å². The summed E-state index contributed by atoms with van der Waals surface area (Å²) in [5.74, 6) is -0.0546. The molecule has 3 aromatic rings. The highest BCUT2D eigenvalue weighted by atomic mass is 35.5. The summed E-state index contributed by atoms with van der Waals surface area (Å²) < 4.78 is 1.54. The topological polar surface area (TPSA) is 55.2 Å². The van der Waals surface area contributed by atoms with Gasteiger partial charge in [-0.3, -0.25) is 14.2 Å². The van der Waals surface area contributed by atoms with Crippen molar-refractivity contribution < 1.29 is 4.79 Å². The van der Waals surface area contributed by atoms with Gasteiger partial charge in [0.1, 0.15) is 4.83 Å². The molecule has 1 aromatic carbocycles. The Morgan fingerprint density at radius 2 is 2.07 bits per heavy atom. The number of aromatic nitrogens is 2. The number of benzene rings is 1. The van der Waals surface area contributed by atoms with Gasteiger partial charge in [0.05, 0.1) is 23.1 Å². The molecule has 5 nitrogen and oxygen atoms in total. The number of nitrogens with zero attached hydrogens (tertiary/aromatic N) is 3. The van der Waals surface area contributed by atoms with Gasteiger partial charge in [0, 0.05) is 18.6 Å². The molecule has 0 atom stereocenters. The van der Waals surface area contributed by atoms with E-state index in [4.69, 9.17) is 11.6 Å². The minimum Gasteiger partial charge on any atom is -0.341 e. The Hall–Kier alpha value is -2.18. The zero-order chi connectivity index (χ0) is 19.6. The lowest BCUT2D eigenvalue weighted by molar-refractivity contribution is 0.0797. The summed E-state index contributed by atoms with van der Waals surface area (Å²) >= 11 is 7.50. The predicted octanol–water partition coefficient (Wildman–Crippen LogP) is 4.34. The molecule has 2 heterocycles. The first kappa shape index (κ1) is 19.6. The van der Waals surface area contributed by atoms with E-state index in [0.29, 0.717) is 38.8 Å². The lowest BCUT2D eigenvalue weighted by Gasteiger charge is -2.16. The van der Waals surface area contributed by atoms with Gasteiger partial charge in [-0.2, -0.15) is 0 Å². The van der Waals surface area contributed by atoms with Crippen molar-refractivity contribution >= 4 is 39.1 Å². The minimum atomic E-state index is -0.149. The van der Waals surface area contributed by atoms with Crippen LogP contribution in [-0.2, 0) is 6.54 Å². The van der Waals surface area contributed by atoms with Crippen molar-refractivity contribution in [3.05, 3.63) is 62.0 Å². The highest BCUT2D eigenvalue weighted by Gasteiger charge is 2.21. The van der Waals surface area contributed by atoms with E-state index in [-0.39, 0.29) is 11.5 Å². The number of carbonyl (C=O) groups excluding carboxylic acids is 1. The third-order valence-electron chi connectivity index (χ3n) is 4.60. The predicted molar refractivity (Wildman–Crippen MR) is 111 cm³/mol. The van der Waals surface area contributed by atoms with Crippen LogP contribution in [0.15, 0.2) is 35.4 Å². The normalized spacial score (nSPS) is 11.1. The molecule has 0 N–H and O–H groups in total. The van der Waals surface area contributed by atoms with E-state index in [9.17, 15) is 9.59 Å². The van der Waals surface area contributed by atoms with E-state index in [1.165, 1.54) is 17.7 Å². The quantitative estimate of drug-likeness (QED) is 0.615. The molecule has 0 aliphatic heterocycles. The summed E-state index contributed by atoms with van der Waals surface area (Å²) in [7, 11) is 1.80. The summed E-state index contributed by atoms with van der Waals surface area (Å²) in [4.78, 5) is 33.1. The van der Waals surface area contributed by atoms with Crippen molar-refractivity contribution in [2.24, 2.45) is 0 Å². The molecule has 27 heavy (non-hydrogen) atoms. The Kier molecular flexibility index (Phi) is 5.97. The number of hydrogen-bond donors (Lipinski definition) is 0. The molecular weight excluding hydrogens is 382 g/mol. The Bertz CT molecular complexity index is 1040. The van der Waals surface area contributed by atoms with Crippen molar-refractivity contribution in [1.82, 2.24) is 14.5 Å². The molecule has 7 heteroatoms. The first-order valence-corrected chi connectivity index (χ1v) is 10.1. The van der Waals surface area contributed by atoms with E-state index in [1.54, 1.807) is 22.6 Å². The van der Waals surface area contributed by atoms with Crippen molar-refractivity contribution in [3.8, 4) is 0 Å². The number of fused-ring (bicyclic) bond motifs is 1. The Morgan fingerprint density at radius 1 is 1.33 bits per heavy atom. The zero-order valence-electron chi connectivity index (χ0n) is 15.7. The van der Waals surface area contributed by atoms with Gasteiger partial charge in [0.15, 0.2) is 0 Å². The van der Waals surface area contributed by atoms with E-state index >= 15 is 0 Å². The van der Waals surface area contributed by atoms with Crippen LogP contribution in [0.25, 0.3) is 10.2 Å². The van der Waals surface area contributed by atoms with Crippen LogP contribution in [0, 0.1) is 6.92 Å². The molecule has 0 aliphatic carbocycles. The second-order valence-corrected chi connectivity index (χ2v) is 7.99. The number of halogens is 1. The molecule has 3 rings (SSSR count). The van der Waals surface area contributed by atoms with E-state index < -0.39 is 0 Å². The number of amides is 1. The fourth-order valence-electron chi connectivity index (χ4n) is 2.96. The third-order valence-corrected chi connectivity index (χ3v) is 6.16. The summed E-state index contributed by atoms with van der Waals surface area (Å²) in [6, 6.07) is 7.42. The van der Waals surface area contributed by atoms with Crippen LogP contribution in [0.5, 0.6) is 0 Å². The van der Waals surface area contributed by atoms with Gasteiger partial charge >= 0.3 is 0 Å². The van der Waals surface area contributed by atoms with Crippen molar-refractivity contribution in [1.29, 1.82) is 0 Å². The molecule has 142 valence electrons. The second-order valence-electron chi connectivity index (χ2n) is 6.59. The molecule has 0 spiro atoms. The molecule has 0 aliphatic rings.